The Morgan fingerprint density at radius 3 is 2.32 bits per heavy atom. The van der Waals surface area contributed by atoms with Crippen LogP contribution >= 0.6 is 15.9 Å². The van der Waals surface area contributed by atoms with E-state index in [0.29, 0.717) is 23.3 Å². The fourth-order valence-electron chi connectivity index (χ4n) is 4.86. The Bertz CT molecular complexity index is 1700. The highest BCUT2D eigenvalue weighted by atomic mass is 79.9. The van der Waals surface area contributed by atoms with Crippen LogP contribution in [0.1, 0.15) is 33.9 Å². The third kappa shape index (κ3) is 4.27. The molecule has 6 rings (SSSR count). The van der Waals surface area contributed by atoms with Crippen LogP contribution in [-0.4, -0.2) is 26.6 Å². The Morgan fingerprint density at radius 2 is 1.59 bits per heavy atom. The molecule has 3 heterocycles. The summed E-state index contributed by atoms with van der Waals surface area (Å²) < 4.78 is 0.903. The summed E-state index contributed by atoms with van der Waals surface area (Å²) in [5.41, 5.74) is 4.68. The van der Waals surface area contributed by atoms with Crippen molar-refractivity contribution in [1.29, 1.82) is 0 Å². The van der Waals surface area contributed by atoms with Gasteiger partial charge < -0.3 is 4.98 Å². The molecule has 1 aliphatic rings. The number of carbonyl (C=O) groups excluding carboxylic acids is 1. The number of rotatable bonds is 4. The summed E-state index contributed by atoms with van der Waals surface area (Å²) in [5.74, 6) is -0.243. The molecular weight excluding hydrogens is 528 g/mol. The molecule has 0 fully saturated rings. The average molecular weight is 549 g/mol. The molecule has 1 N–H and O–H groups in total. The van der Waals surface area contributed by atoms with Gasteiger partial charge in [-0.3, -0.25) is 14.6 Å². The number of nitrogens with one attached hydrogen (secondary N) is 1. The van der Waals surface area contributed by atoms with Crippen molar-refractivity contribution in [3.63, 3.8) is 0 Å². The van der Waals surface area contributed by atoms with Gasteiger partial charge in [0, 0.05) is 45.3 Å². The van der Waals surface area contributed by atoms with Gasteiger partial charge in [-0.1, -0.05) is 76.6 Å². The van der Waals surface area contributed by atoms with Gasteiger partial charge in [-0.15, -0.1) is 0 Å². The fraction of sp³-hybridized carbons (Fsp3) is 0.0667. The van der Waals surface area contributed by atoms with Gasteiger partial charge in [-0.05, 0) is 41.5 Å². The Kier molecular flexibility index (Phi) is 5.98. The van der Waals surface area contributed by atoms with E-state index in [1.165, 1.54) is 5.01 Å². The van der Waals surface area contributed by atoms with Crippen LogP contribution in [0, 0.1) is 0 Å². The van der Waals surface area contributed by atoms with Gasteiger partial charge >= 0.3 is 0 Å². The fourth-order valence-corrected chi connectivity index (χ4v) is 5.22. The number of hydrogen-bond acceptors (Lipinski definition) is 4. The number of aromatic amines is 1. The van der Waals surface area contributed by atoms with Crippen molar-refractivity contribution in [3.8, 4) is 11.1 Å². The van der Waals surface area contributed by atoms with Gasteiger partial charge in [0.1, 0.15) is 0 Å². The van der Waals surface area contributed by atoms with Crippen LogP contribution in [0.4, 0.5) is 0 Å². The van der Waals surface area contributed by atoms with E-state index >= 15 is 0 Å². The lowest BCUT2D eigenvalue weighted by Crippen LogP contribution is -2.27. The van der Waals surface area contributed by atoms with E-state index in [1.807, 2.05) is 78.9 Å². The van der Waals surface area contributed by atoms with Crippen LogP contribution in [0.2, 0.25) is 0 Å². The summed E-state index contributed by atoms with van der Waals surface area (Å²) in [6, 6.07) is 28.4. The minimum absolute atomic E-state index is 0.238. The smallest absolute Gasteiger partial charge is 0.274 e. The van der Waals surface area contributed by atoms with Crippen molar-refractivity contribution in [1.82, 2.24) is 15.0 Å². The zero-order chi connectivity index (χ0) is 25.4. The molecule has 0 saturated heterocycles. The molecule has 37 heavy (non-hydrogen) atoms. The number of aromatic nitrogens is 2. The van der Waals surface area contributed by atoms with Crippen molar-refractivity contribution in [2.24, 2.45) is 5.10 Å². The Balaban J connectivity index is 1.58. The topological polar surface area (TPSA) is 78.4 Å². The lowest BCUT2D eigenvalue weighted by molar-refractivity contribution is 0.0711. The molecule has 1 aliphatic heterocycles. The molecule has 7 heteroatoms. The van der Waals surface area contributed by atoms with Crippen molar-refractivity contribution < 1.29 is 4.79 Å². The molecule has 2 aromatic heterocycles. The third-order valence-electron chi connectivity index (χ3n) is 6.56. The number of nitrogens with zero attached hydrogens (tertiary/aromatic N) is 3. The third-order valence-corrected chi connectivity index (χ3v) is 7.05. The number of benzene rings is 3. The summed E-state index contributed by atoms with van der Waals surface area (Å²) in [6.45, 7) is 0. The van der Waals surface area contributed by atoms with E-state index in [0.717, 1.165) is 32.1 Å². The first-order chi connectivity index (χ1) is 18.1. The maximum absolute atomic E-state index is 13.6. The lowest BCUT2D eigenvalue weighted by atomic mass is 9.91. The number of hydrazone groups is 1. The van der Waals surface area contributed by atoms with Gasteiger partial charge in [0.2, 0.25) is 0 Å². The summed E-state index contributed by atoms with van der Waals surface area (Å²) in [5, 5.41) is 7.21. The van der Waals surface area contributed by atoms with Crippen molar-refractivity contribution >= 4 is 38.5 Å². The Labute approximate surface area is 221 Å². The number of hydrogen-bond donors (Lipinski definition) is 1. The maximum Gasteiger partial charge on any atom is 0.274 e. The molecule has 1 atom stereocenters. The molecule has 0 saturated carbocycles. The quantitative estimate of drug-likeness (QED) is 0.284. The van der Waals surface area contributed by atoms with E-state index in [2.05, 4.69) is 25.9 Å². The molecule has 6 nitrogen and oxygen atoms in total. The van der Waals surface area contributed by atoms with Gasteiger partial charge in [-0.2, -0.15) is 5.10 Å². The van der Waals surface area contributed by atoms with Crippen molar-refractivity contribution in [3.05, 3.63) is 135 Å². The first-order valence-electron chi connectivity index (χ1n) is 11.9. The molecular formula is C30H21BrN4O2. The van der Waals surface area contributed by atoms with Gasteiger partial charge in [0.15, 0.2) is 0 Å². The first-order valence-corrected chi connectivity index (χ1v) is 12.7. The molecule has 1 amide bonds. The van der Waals surface area contributed by atoms with E-state index in [-0.39, 0.29) is 17.5 Å². The molecule has 3 aromatic carbocycles. The number of carbonyl (C=O) groups is 1. The lowest BCUT2D eigenvalue weighted by Gasteiger charge is -2.22. The number of amides is 1. The number of fused-ring (bicyclic) bond motifs is 1. The predicted molar refractivity (Wildman–Crippen MR) is 148 cm³/mol. The zero-order valence-electron chi connectivity index (χ0n) is 19.6. The second kappa shape index (κ2) is 9.59. The number of halogens is 1. The molecule has 0 spiro atoms. The molecule has 0 radical (unpaired) electrons. The Hall–Kier alpha value is -4.36. The second-order valence-electron chi connectivity index (χ2n) is 8.82. The van der Waals surface area contributed by atoms with Crippen LogP contribution in [-0.2, 0) is 0 Å². The van der Waals surface area contributed by atoms with Gasteiger partial charge in [0.05, 0.1) is 17.3 Å². The predicted octanol–water partition coefficient (Wildman–Crippen LogP) is 6.34. The van der Waals surface area contributed by atoms with E-state index in [9.17, 15) is 9.59 Å². The van der Waals surface area contributed by atoms with Crippen molar-refractivity contribution in [2.75, 3.05) is 0 Å². The van der Waals surface area contributed by atoms with Gasteiger partial charge in [0.25, 0.3) is 11.5 Å². The second-order valence-corrected chi connectivity index (χ2v) is 9.74. The van der Waals surface area contributed by atoms with Crippen LogP contribution in [0.15, 0.2) is 118 Å². The Morgan fingerprint density at radius 1 is 0.892 bits per heavy atom. The molecule has 0 unspecified atom stereocenters. The highest BCUT2D eigenvalue weighted by Crippen LogP contribution is 2.38. The average Bonchev–Trinajstić information content (AvgIpc) is 3.38. The summed E-state index contributed by atoms with van der Waals surface area (Å²) in [4.78, 5) is 34.3. The first kappa shape index (κ1) is 23.1. The largest absolute Gasteiger partial charge is 0.321 e. The molecule has 0 aliphatic carbocycles. The minimum atomic E-state index is -0.349. The SMILES string of the molecule is O=C(c1ccncc1)N1N=C(c2c(-c3ccccc3)c3cc(Br)ccc3[nH]c2=O)C[C@@H]1c1ccccc1. The molecule has 180 valence electrons. The number of pyridine rings is 2. The summed E-state index contributed by atoms with van der Waals surface area (Å²) in [7, 11) is 0. The molecule has 5 aromatic rings. The zero-order valence-corrected chi connectivity index (χ0v) is 21.2. The maximum atomic E-state index is 13.6. The standard InChI is InChI=1S/C30H21BrN4O2/c31-22-11-12-24-23(17-22)27(20-9-5-2-6-10-20)28(29(36)33-24)25-18-26(19-7-3-1-4-8-19)35(34-25)30(37)21-13-15-32-16-14-21/h1-17,26H,18H2,(H,33,36)/t26-/m1/s1. The minimum Gasteiger partial charge on any atom is -0.321 e. The highest BCUT2D eigenvalue weighted by molar-refractivity contribution is 9.10. The van der Waals surface area contributed by atoms with Gasteiger partial charge in [-0.25, -0.2) is 5.01 Å². The van der Waals surface area contributed by atoms with Crippen LogP contribution in [0.25, 0.3) is 22.0 Å². The van der Waals surface area contributed by atoms with Crippen molar-refractivity contribution in [2.45, 2.75) is 12.5 Å². The number of H-pyrrole nitrogens is 1. The van der Waals surface area contributed by atoms with E-state index in [4.69, 9.17) is 5.10 Å². The van der Waals surface area contributed by atoms with E-state index in [1.54, 1.807) is 24.5 Å². The molecule has 0 bridgehead atoms. The van der Waals surface area contributed by atoms with Crippen LogP contribution in [0.5, 0.6) is 0 Å². The van der Waals surface area contributed by atoms with Crippen LogP contribution < -0.4 is 5.56 Å². The van der Waals surface area contributed by atoms with E-state index < -0.39 is 0 Å². The highest BCUT2D eigenvalue weighted by Gasteiger charge is 2.35. The summed E-state index contributed by atoms with van der Waals surface area (Å²) in [6.07, 6.45) is 3.58. The normalized spacial score (nSPS) is 15.1. The van der Waals surface area contributed by atoms with Crippen LogP contribution in [0.3, 0.4) is 0 Å². The summed E-state index contributed by atoms with van der Waals surface area (Å²) >= 11 is 3.58. The monoisotopic (exact) mass is 548 g/mol.